The Morgan fingerprint density at radius 2 is 2.00 bits per heavy atom. The molecule has 5 heteroatoms. The summed E-state index contributed by atoms with van der Waals surface area (Å²) in [6.45, 7) is 1.96. The van der Waals surface area contributed by atoms with Crippen LogP contribution in [0.25, 0.3) is 0 Å². The summed E-state index contributed by atoms with van der Waals surface area (Å²) in [6.07, 6.45) is 6.20. The van der Waals surface area contributed by atoms with E-state index in [1.54, 1.807) is 0 Å². The molecule has 0 spiro atoms. The van der Waals surface area contributed by atoms with Crippen molar-refractivity contribution in [3.05, 3.63) is 23.8 Å². The summed E-state index contributed by atoms with van der Waals surface area (Å²) in [7, 11) is 0. The summed E-state index contributed by atoms with van der Waals surface area (Å²) < 4.78 is 5.71. The van der Waals surface area contributed by atoms with Gasteiger partial charge in [-0.1, -0.05) is 31.7 Å². The second kappa shape index (κ2) is 7.02. The third-order valence-corrected chi connectivity index (χ3v) is 4.55. The quantitative estimate of drug-likeness (QED) is 0.843. The van der Waals surface area contributed by atoms with Crippen LogP contribution in [0.1, 0.15) is 50.5 Å². The molecule has 1 heterocycles. The van der Waals surface area contributed by atoms with Crippen molar-refractivity contribution in [2.75, 3.05) is 5.32 Å². The minimum Gasteiger partial charge on any atom is -0.478 e. The lowest BCUT2D eigenvalue weighted by Gasteiger charge is -2.26. The van der Waals surface area contributed by atoms with Gasteiger partial charge in [-0.2, -0.15) is 0 Å². The van der Waals surface area contributed by atoms with E-state index in [0.29, 0.717) is 11.4 Å². The maximum atomic E-state index is 12.2. The van der Waals surface area contributed by atoms with Gasteiger partial charge in [-0.05, 0) is 37.5 Å². The Hall–Kier alpha value is -2.04. The van der Waals surface area contributed by atoms with Crippen LogP contribution in [-0.4, -0.2) is 24.0 Å². The van der Waals surface area contributed by atoms with Crippen LogP contribution in [0.3, 0.4) is 0 Å². The fourth-order valence-corrected chi connectivity index (χ4v) is 3.28. The van der Waals surface area contributed by atoms with Crippen LogP contribution in [0.5, 0.6) is 5.75 Å². The predicted octanol–water partition coefficient (Wildman–Crippen LogP) is 2.92. The predicted molar refractivity (Wildman–Crippen MR) is 88.5 cm³/mol. The molecule has 1 aromatic rings. The average molecular weight is 316 g/mol. The van der Waals surface area contributed by atoms with Crippen molar-refractivity contribution in [1.82, 2.24) is 5.32 Å². The smallest absolute Gasteiger partial charge is 0.266 e. The number of anilines is 1. The lowest BCUT2D eigenvalue weighted by Crippen LogP contribution is -2.43. The standard InChI is InChI=1S/C18H24N2O3/c1-12-8-9-15-14(10-12)20-18(22)16(23-15)11-17(21)19-13-6-4-2-3-5-7-13/h8-10,13,16H,2-7,11H2,1H3,(H,19,21)(H,20,22). The van der Waals surface area contributed by atoms with Gasteiger partial charge in [0.25, 0.3) is 5.91 Å². The van der Waals surface area contributed by atoms with E-state index in [1.165, 1.54) is 12.8 Å². The Morgan fingerprint density at radius 1 is 1.26 bits per heavy atom. The third-order valence-electron chi connectivity index (χ3n) is 4.55. The SMILES string of the molecule is Cc1ccc2c(c1)NC(=O)C(CC(=O)NC1CCCCCC1)O2. The number of aryl methyl sites for hydroxylation is 1. The van der Waals surface area contributed by atoms with Gasteiger partial charge in [0, 0.05) is 6.04 Å². The molecule has 2 aliphatic rings. The highest BCUT2D eigenvalue weighted by Gasteiger charge is 2.30. The van der Waals surface area contributed by atoms with Crippen LogP contribution >= 0.6 is 0 Å². The summed E-state index contributed by atoms with van der Waals surface area (Å²) in [4.78, 5) is 24.4. The van der Waals surface area contributed by atoms with Crippen LogP contribution in [0.4, 0.5) is 5.69 Å². The summed E-state index contributed by atoms with van der Waals surface area (Å²) in [6, 6.07) is 5.88. The Labute approximate surface area is 136 Å². The van der Waals surface area contributed by atoms with Gasteiger partial charge in [0.05, 0.1) is 12.1 Å². The Balaban J connectivity index is 1.58. The van der Waals surface area contributed by atoms with Crippen LogP contribution in [0.15, 0.2) is 18.2 Å². The van der Waals surface area contributed by atoms with Gasteiger partial charge in [-0.15, -0.1) is 0 Å². The molecular formula is C18H24N2O3. The number of carbonyl (C=O) groups is 2. The van der Waals surface area contributed by atoms with Crippen LogP contribution < -0.4 is 15.4 Å². The summed E-state index contributed by atoms with van der Waals surface area (Å²) in [5.74, 6) is 0.272. The molecule has 2 N–H and O–H groups in total. The van der Waals surface area contributed by atoms with Crippen molar-refractivity contribution in [1.29, 1.82) is 0 Å². The number of hydrogen-bond acceptors (Lipinski definition) is 3. The molecule has 124 valence electrons. The number of ether oxygens (including phenoxy) is 1. The van der Waals surface area contributed by atoms with E-state index < -0.39 is 6.10 Å². The second-order valence-electron chi connectivity index (χ2n) is 6.56. The van der Waals surface area contributed by atoms with Gasteiger partial charge in [-0.25, -0.2) is 0 Å². The molecule has 0 aromatic heterocycles. The van der Waals surface area contributed by atoms with Gasteiger partial charge in [0.2, 0.25) is 5.91 Å². The van der Waals surface area contributed by atoms with Crippen molar-refractivity contribution in [2.24, 2.45) is 0 Å². The maximum Gasteiger partial charge on any atom is 0.266 e. The van der Waals surface area contributed by atoms with E-state index in [9.17, 15) is 9.59 Å². The molecule has 1 fully saturated rings. The molecule has 3 rings (SSSR count). The Kier molecular flexibility index (Phi) is 4.84. The summed E-state index contributed by atoms with van der Waals surface area (Å²) in [5, 5.41) is 5.89. The topological polar surface area (TPSA) is 67.4 Å². The van der Waals surface area contributed by atoms with Gasteiger partial charge in [0.1, 0.15) is 5.75 Å². The average Bonchev–Trinajstić information content (AvgIpc) is 2.77. The van der Waals surface area contributed by atoms with E-state index >= 15 is 0 Å². The van der Waals surface area contributed by atoms with Crippen molar-refractivity contribution < 1.29 is 14.3 Å². The number of amides is 2. The number of rotatable bonds is 3. The molecule has 1 unspecified atom stereocenters. The molecule has 0 radical (unpaired) electrons. The van der Waals surface area contributed by atoms with Gasteiger partial charge in [0.15, 0.2) is 6.10 Å². The van der Waals surface area contributed by atoms with Crippen molar-refractivity contribution >= 4 is 17.5 Å². The number of benzene rings is 1. The van der Waals surface area contributed by atoms with E-state index in [1.807, 2.05) is 25.1 Å². The van der Waals surface area contributed by atoms with Crippen molar-refractivity contribution in [3.63, 3.8) is 0 Å². The van der Waals surface area contributed by atoms with E-state index in [0.717, 1.165) is 31.2 Å². The van der Waals surface area contributed by atoms with Crippen molar-refractivity contribution in [3.8, 4) is 5.75 Å². The number of carbonyl (C=O) groups excluding carboxylic acids is 2. The normalized spacial score (nSPS) is 21.6. The zero-order valence-electron chi connectivity index (χ0n) is 13.6. The monoisotopic (exact) mass is 316 g/mol. The fraction of sp³-hybridized carbons (Fsp3) is 0.556. The zero-order valence-corrected chi connectivity index (χ0v) is 13.6. The first kappa shape index (κ1) is 15.8. The lowest BCUT2D eigenvalue weighted by atomic mass is 10.1. The highest BCUT2D eigenvalue weighted by molar-refractivity contribution is 6.00. The minimum atomic E-state index is -0.754. The molecule has 0 bridgehead atoms. The Morgan fingerprint density at radius 3 is 2.74 bits per heavy atom. The molecular weight excluding hydrogens is 292 g/mol. The maximum absolute atomic E-state index is 12.2. The molecule has 1 saturated carbocycles. The van der Waals surface area contributed by atoms with E-state index in [-0.39, 0.29) is 24.3 Å². The third kappa shape index (κ3) is 4.03. The van der Waals surface area contributed by atoms with Crippen LogP contribution in [0, 0.1) is 6.92 Å². The molecule has 5 nitrogen and oxygen atoms in total. The lowest BCUT2D eigenvalue weighted by molar-refractivity contribution is -0.130. The van der Waals surface area contributed by atoms with Gasteiger partial charge in [-0.3, -0.25) is 9.59 Å². The van der Waals surface area contributed by atoms with Crippen LogP contribution in [-0.2, 0) is 9.59 Å². The van der Waals surface area contributed by atoms with Crippen LogP contribution in [0.2, 0.25) is 0 Å². The zero-order chi connectivity index (χ0) is 16.2. The largest absolute Gasteiger partial charge is 0.478 e. The van der Waals surface area contributed by atoms with E-state index in [4.69, 9.17) is 4.74 Å². The Bertz CT molecular complexity index is 592. The molecule has 0 saturated heterocycles. The van der Waals surface area contributed by atoms with E-state index in [2.05, 4.69) is 10.6 Å². The molecule has 1 aliphatic heterocycles. The first-order valence-corrected chi connectivity index (χ1v) is 8.49. The summed E-state index contributed by atoms with van der Waals surface area (Å²) in [5.41, 5.74) is 1.73. The molecule has 1 atom stereocenters. The van der Waals surface area contributed by atoms with Crippen molar-refractivity contribution in [2.45, 2.75) is 64.0 Å². The molecule has 1 aromatic carbocycles. The fourth-order valence-electron chi connectivity index (χ4n) is 3.28. The number of fused-ring (bicyclic) bond motifs is 1. The van der Waals surface area contributed by atoms with Gasteiger partial charge >= 0.3 is 0 Å². The number of nitrogens with one attached hydrogen (secondary N) is 2. The summed E-state index contributed by atoms with van der Waals surface area (Å²) >= 11 is 0. The number of hydrogen-bond donors (Lipinski definition) is 2. The highest BCUT2D eigenvalue weighted by atomic mass is 16.5. The first-order valence-electron chi connectivity index (χ1n) is 8.49. The van der Waals surface area contributed by atoms with Gasteiger partial charge < -0.3 is 15.4 Å². The first-order chi connectivity index (χ1) is 11.1. The minimum absolute atomic E-state index is 0.0651. The molecule has 1 aliphatic carbocycles. The molecule has 23 heavy (non-hydrogen) atoms. The second-order valence-corrected chi connectivity index (χ2v) is 6.56. The molecule has 2 amide bonds. The highest BCUT2D eigenvalue weighted by Crippen LogP contribution is 2.31.